The van der Waals surface area contributed by atoms with E-state index in [2.05, 4.69) is 25.7 Å². The number of hydrogen-bond donors (Lipinski definition) is 0. The summed E-state index contributed by atoms with van der Waals surface area (Å²) in [6, 6.07) is 0. The Morgan fingerprint density at radius 1 is 1.50 bits per heavy atom. The lowest BCUT2D eigenvalue weighted by molar-refractivity contribution is 0.0141. The van der Waals surface area contributed by atoms with Gasteiger partial charge in [-0.15, -0.1) is 0 Å². The van der Waals surface area contributed by atoms with Crippen molar-refractivity contribution in [3.63, 3.8) is 0 Å². The zero-order valence-corrected chi connectivity index (χ0v) is 8.55. The van der Waals surface area contributed by atoms with Crippen LogP contribution in [0.4, 0.5) is 0 Å². The highest BCUT2D eigenvalue weighted by atomic mass is 16.5. The van der Waals surface area contributed by atoms with Crippen LogP contribution in [0.25, 0.3) is 0 Å². The summed E-state index contributed by atoms with van der Waals surface area (Å²) in [5, 5.41) is 0. The van der Waals surface area contributed by atoms with E-state index >= 15 is 0 Å². The minimum absolute atomic E-state index is 0.386. The molecule has 0 spiro atoms. The quantitative estimate of drug-likeness (QED) is 0.640. The maximum atomic E-state index is 5.75. The molecule has 1 rings (SSSR count). The average Bonchev–Trinajstić information content (AvgIpc) is 2.36. The van der Waals surface area contributed by atoms with Crippen LogP contribution in [0.2, 0.25) is 0 Å². The van der Waals surface area contributed by atoms with Gasteiger partial charge >= 0.3 is 0 Å². The second kappa shape index (κ2) is 4.83. The molecule has 0 bridgehead atoms. The van der Waals surface area contributed by atoms with E-state index in [1.54, 1.807) is 0 Å². The number of hydrogen-bond acceptors (Lipinski definition) is 2. The molecular formula is C10H21NO. The highest BCUT2D eigenvalue weighted by molar-refractivity contribution is 4.75. The smallest absolute Gasteiger partial charge is 0.0717 e. The summed E-state index contributed by atoms with van der Waals surface area (Å²) in [6.07, 6.45) is 3.36. The van der Waals surface area contributed by atoms with Gasteiger partial charge in [0.25, 0.3) is 0 Å². The van der Waals surface area contributed by atoms with Crippen LogP contribution in [-0.4, -0.2) is 36.7 Å². The molecular weight excluding hydrogens is 150 g/mol. The van der Waals surface area contributed by atoms with Gasteiger partial charge in [-0.2, -0.15) is 0 Å². The SMILES string of the molecule is CCCN1CC[C@H](OC(C)C)C1. The van der Waals surface area contributed by atoms with E-state index in [0.29, 0.717) is 12.2 Å². The zero-order chi connectivity index (χ0) is 8.97. The largest absolute Gasteiger partial charge is 0.374 e. The summed E-state index contributed by atoms with van der Waals surface area (Å²) in [6.45, 7) is 10.1. The normalized spacial score (nSPS) is 25.5. The third kappa shape index (κ3) is 3.11. The van der Waals surface area contributed by atoms with Crippen LogP contribution < -0.4 is 0 Å². The second-order valence-corrected chi connectivity index (χ2v) is 3.90. The van der Waals surface area contributed by atoms with Crippen molar-refractivity contribution < 1.29 is 4.74 Å². The molecule has 0 N–H and O–H groups in total. The number of ether oxygens (including phenoxy) is 1. The molecule has 0 aromatic rings. The van der Waals surface area contributed by atoms with Crippen molar-refractivity contribution in [3.8, 4) is 0 Å². The fourth-order valence-electron chi connectivity index (χ4n) is 1.81. The van der Waals surface area contributed by atoms with E-state index in [9.17, 15) is 0 Å². The standard InChI is InChI=1S/C10H21NO/c1-4-6-11-7-5-10(8-11)12-9(2)3/h9-10H,4-8H2,1-3H3/t10-/m0/s1. The Morgan fingerprint density at radius 2 is 2.25 bits per heavy atom. The molecule has 0 amide bonds. The van der Waals surface area contributed by atoms with Crippen molar-refractivity contribution in [2.24, 2.45) is 0 Å². The number of likely N-dealkylation sites (tertiary alicyclic amines) is 1. The maximum absolute atomic E-state index is 5.75. The number of rotatable bonds is 4. The molecule has 0 aromatic carbocycles. The molecule has 1 saturated heterocycles. The van der Waals surface area contributed by atoms with Gasteiger partial charge in [-0.1, -0.05) is 6.92 Å². The summed E-state index contributed by atoms with van der Waals surface area (Å²) < 4.78 is 5.75. The first-order valence-electron chi connectivity index (χ1n) is 5.10. The first kappa shape index (κ1) is 10.0. The van der Waals surface area contributed by atoms with Crippen molar-refractivity contribution in [3.05, 3.63) is 0 Å². The summed E-state index contributed by atoms with van der Waals surface area (Å²) in [7, 11) is 0. The Bertz CT molecular complexity index is 125. The van der Waals surface area contributed by atoms with Gasteiger partial charge in [-0.25, -0.2) is 0 Å². The Balaban J connectivity index is 2.16. The van der Waals surface area contributed by atoms with Gasteiger partial charge in [0.2, 0.25) is 0 Å². The van der Waals surface area contributed by atoms with Gasteiger partial charge in [0.15, 0.2) is 0 Å². The summed E-state index contributed by atoms with van der Waals surface area (Å²) in [5.41, 5.74) is 0. The van der Waals surface area contributed by atoms with E-state index in [4.69, 9.17) is 4.74 Å². The van der Waals surface area contributed by atoms with Gasteiger partial charge in [-0.05, 0) is 33.2 Å². The molecule has 1 aliphatic heterocycles. The van der Waals surface area contributed by atoms with E-state index in [0.717, 1.165) is 6.54 Å². The molecule has 1 aliphatic rings. The molecule has 0 saturated carbocycles. The highest BCUT2D eigenvalue weighted by Crippen LogP contribution is 2.14. The molecule has 0 radical (unpaired) electrons. The monoisotopic (exact) mass is 171 g/mol. The van der Waals surface area contributed by atoms with E-state index < -0.39 is 0 Å². The number of nitrogens with zero attached hydrogens (tertiary/aromatic N) is 1. The third-order valence-corrected chi connectivity index (χ3v) is 2.23. The Kier molecular flexibility index (Phi) is 4.02. The second-order valence-electron chi connectivity index (χ2n) is 3.90. The molecule has 12 heavy (non-hydrogen) atoms. The third-order valence-electron chi connectivity index (χ3n) is 2.23. The van der Waals surface area contributed by atoms with Crippen molar-refractivity contribution in [1.82, 2.24) is 4.90 Å². The fourth-order valence-corrected chi connectivity index (χ4v) is 1.81. The molecule has 2 nitrogen and oxygen atoms in total. The topological polar surface area (TPSA) is 12.5 Å². The van der Waals surface area contributed by atoms with Crippen LogP contribution in [-0.2, 0) is 4.74 Å². The van der Waals surface area contributed by atoms with E-state index in [1.807, 2.05) is 0 Å². The maximum Gasteiger partial charge on any atom is 0.0717 e. The molecule has 0 aromatic heterocycles. The van der Waals surface area contributed by atoms with Crippen LogP contribution >= 0.6 is 0 Å². The van der Waals surface area contributed by atoms with Crippen LogP contribution in [0, 0.1) is 0 Å². The molecule has 1 atom stereocenters. The van der Waals surface area contributed by atoms with E-state index in [1.165, 1.54) is 25.9 Å². The lowest BCUT2D eigenvalue weighted by Crippen LogP contribution is -2.25. The van der Waals surface area contributed by atoms with Crippen molar-refractivity contribution >= 4 is 0 Å². The van der Waals surface area contributed by atoms with Crippen LogP contribution in [0.1, 0.15) is 33.6 Å². The first-order valence-corrected chi connectivity index (χ1v) is 5.10. The van der Waals surface area contributed by atoms with Crippen LogP contribution in [0.5, 0.6) is 0 Å². The molecule has 0 unspecified atom stereocenters. The first-order chi connectivity index (χ1) is 5.72. The minimum atomic E-state index is 0.386. The summed E-state index contributed by atoms with van der Waals surface area (Å²) >= 11 is 0. The minimum Gasteiger partial charge on any atom is -0.374 e. The summed E-state index contributed by atoms with van der Waals surface area (Å²) in [4.78, 5) is 2.49. The predicted octanol–water partition coefficient (Wildman–Crippen LogP) is 1.90. The van der Waals surface area contributed by atoms with Crippen molar-refractivity contribution in [2.75, 3.05) is 19.6 Å². The Morgan fingerprint density at radius 3 is 2.83 bits per heavy atom. The predicted molar refractivity (Wildman–Crippen MR) is 51.4 cm³/mol. The fraction of sp³-hybridized carbons (Fsp3) is 1.00. The van der Waals surface area contributed by atoms with Crippen molar-refractivity contribution in [2.45, 2.75) is 45.8 Å². The average molecular weight is 171 g/mol. The van der Waals surface area contributed by atoms with Crippen LogP contribution in [0.3, 0.4) is 0 Å². The van der Waals surface area contributed by atoms with Crippen LogP contribution in [0.15, 0.2) is 0 Å². The van der Waals surface area contributed by atoms with Gasteiger partial charge in [0, 0.05) is 13.1 Å². The molecule has 1 fully saturated rings. The zero-order valence-electron chi connectivity index (χ0n) is 8.55. The van der Waals surface area contributed by atoms with E-state index in [-0.39, 0.29) is 0 Å². The van der Waals surface area contributed by atoms with Crippen molar-refractivity contribution in [1.29, 1.82) is 0 Å². The summed E-state index contributed by atoms with van der Waals surface area (Å²) in [5.74, 6) is 0. The Hall–Kier alpha value is -0.0800. The lowest BCUT2D eigenvalue weighted by atomic mass is 10.3. The molecule has 72 valence electrons. The molecule has 1 heterocycles. The Labute approximate surface area is 75.9 Å². The van der Waals surface area contributed by atoms with Gasteiger partial charge in [0.05, 0.1) is 12.2 Å². The molecule has 0 aliphatic carbocycles. The van der Waals surface area contributed by atoms with Gasteiger partial charge in [0.1, 0.15) is 0 Å². The van der Waals surface area contributed by atoms with Gasteiger partial charge < -0.3 is 9.64 Å². The lowest BCUT2D eigenvalue weighted by Gasteiger charge is -2.16. The van der Waals surface area contributed by atoms with Gasteiger partial charge in [-0.3, -0.25) is 0 Å². The molecule has 2 heteroatoms. The highest BCUT2D eigenvalue weighted by Gasteiger charge is 2.22.